The predicted octanol–water partition coefficient (Wildman–Crippen LogP) is 1.18. The molecule has 1 aromatic rings. The Morgan fingerprint density at radius 3 is 2.94 bits per heavy atom. The molecule has 96 valence electrons. The molecule has 2 rings (SSSR count). The molecule has 1 aliphatic carbocycles. The lowest BCUT2D eigenvalue weighted by Crippen LogP contribution is -2.44. The van der Waals surface area contributed by atoms with Crippen molar-refractivity contribution in [2.75, 3.05) is 6.61 Å². The van der Waals surface area contributed by atoms with E-state index in [1.807, 2.05) is 24.3 Å². The third-order valence-corrected chi connectivity index (χ3v) is 3.47. The van der Waals surface area contributed by atoms with Gasteiger partial charge in [-0.2, -0.15) is 0 Å². The molecule has 0 bridgehead atoms. The van der Waals surface area contributed by atoms with Crippen molar-refractivity contribution in [1.82, 2.24) is 0 Å². The van der Waals surface area contributed by atoms with Crippen molar-refractivity contribution in [3.05, 3.63) is 35.4 Å². The van der Waals surface area contributed by atoms with Crippen LogP contribution in [0.2, 0.25) is 0 Å². The third kappa shape index (κ3) is 1.92. The SMILES string of the molecule is CC(=O)OCC1(/C(N)=N/O)CCc2ccccc21. The Hall–Kier alpha value is -2.04. The van der Waals surface area contributed by atoms with Gasteiger partial charge in [0.1, 0.15) is 6.61 Å². The highest BCUT2D eigenvalue weighted by Gasteiger charge is 2.43. The molecule has 18 heavy (non-hydrogen) atoms. The van der Waals surface area contributed by atoms with Crippen LogP contribution in [0.1, 0.15) is 24.5 Å². The summed E-state index contributed by atoms with van der Waals surface area (Å²) in [6, 6.07) is 7.80. The predicted molar refractivity (Wildman–Crippen MR) is 66.5 cm³/mol. The first-order chi connectivity index (χ1) is 8.60. The average molecular weight is 248 g/mol. The lowest BCUT2D eigenvalue weighted by atomic mass is 9.81. The number of carbonyl (C=O) groups excluding carboxylic acids is 1. The van der Waals surface area contributed by atoms with Crippen LogP contribution in [0.4, 0.5) is 0 Å². The number of nitrogens with two attached hydrogens (primary N) is 1. The number of hydrogen-bond donors (Lipinski definition) is 2. The van der Waals surface area contributed by atoms with Gasteiger partial charge >= 0.3 is 5.97 Å². The Bertz CT molecular complexity index is 499. The fourth-order valence-electron chi connectivity index (χ4n) is 2.50. The maximum absolute atomic E-state index is 11.0. The number of oxime groups is 1. The minimum atomic E-state index is -0.697. The number of esters is 1. The van der Waals surface area contributed by atoms with Gasteiger partial charge in [0.2, 0.25) is 0 Å². The van der Waals surface area contributed by atoms with Gasteiger partial charge in [-0.1, -0.05) is 29.4 Å². The Labute approximate surface area is 105 Å². The number of carbonyl (C=O) groups is 1. The molecule has 0 saturated heterocycles. The van der Waals surface area contributed by atoms with Crippen LogP contribution in [0.3, 0.4) is 0 Å². The van der Waals surface area contributed by atoms with E-state index in [4.69, 9.17) is 15.7 Å². The molecule has 0 aromatic heterocycles. The maximum Gasteiger partial charge on any atom is 0.302 e. The number of aryl methyl sites for hydroxylation is 1. The second kappa shape index (κ2) is 4.68. The molecule has 0 amide bonds. The summed E-state index contributed by atoms with van der Waals surface area (Å²) in [7, 11) is 0. The normalized spacial score (nSPS) is 22.6. The van der Waals surface area contributed by atoms with Crippen LogP contribution in [0.15, 0.2) is 29.4 Å². The number of benzene rings is 1. The molecule has 0 saturated carbocycles. The fourth-order valence-corrected chi connectivity index (χ4v) is 2.50. The molecule has 1 aromatic carbocycles. The zero-order valence-corrected chi connectivity index (χ0v) is 10.2. The number of fused-ring (bicyclic) bond motifs is 1. The highest BCUT2D eigenvalue weighted by molar-refractivity contribution is 5.93. The molecular weight excluding hydrogens is 232 g/mol. The zero-order valence-electron chi connectivity index (χ0n) is 10.2. The minimum Gasteiger partial charge on any atom is -0.464 e. The van der Waals surface area contributed by atoms with Gasteiger partial charge in [-0.15, -0.1) is 0 Å². The van der Waals surface area contributed by atoms with E-state index < -0.39 is 5.41 Å². The van der Waals surface area contributed by atoms with Crippen molar-refractivity contribution < 1.29 is 14.7 Å². The number of hydrogen-bond acceptors (Lipinski definition) is 4. The fraction of sp³-hybridized carbons (Fsp3) is 0.385. The van der Waals surface area contributed by atoms with Crippen LogP contribution in [-0.4, -0.2) is 23.6 Å². The number of nitrogens with zero attached hydrogens (tertiary/aromatic N) is 1. The van der Waals surface area contributed by atoms with Crippen LogP contribution in [-0.2, 0) is 21.4 Å². The van der Waals surface area contributed by atoms with E-state index in [2.05, 4.69) is 5.16 Å². The van der Waals surface area contributed by atoms with Gasteiger partial charge in [0, 0.05) is 6.92 Å². The molecular formula is C13H16N2O3. The van der Waals surface area contributed by atoms with Crippen LogP contribution in [0, 0.1) is 0 Å². The largest absolute Gasteiger partial charge is 0.464 e. The smallest absolute Gasteiger partial charge is 0.302 e. The summed E-state index contributed by atoms with van der Waals surface area (Å²) >= 11 is 0. The molecule has 0 spiro atoms. The summed E-state index contributed by atoms with van der Waals surface area (Å²) in [5, 5.41) is 12.1. The molecule has 3 N–H and O–H groups in total. The van der Waals surface area contributed by atoms with Gasteiger partial charge in [0.25, 0.3) is 0 Å². The first kappa shape index (κ1) is 12.4. The van der Waals surface area contributed by atoms with E-state index in [9.17, 15) is 4.79 Å². The molecule has 1 aliphatic rings. The number of amidine groups is 1. The van der Waals surface area contributed by atoms with E-state index in [0.29, 0.717) is 6.42 Å². The number of rotatable bonds is 3. The second-order valence-corrected chi connectivity index (χ2v) is 4.50. The Morgan fingerprint density at radius 1 is 1.56 bits per heavy atom. The molecule has 1 unspecified atom stereocenters. The average Bonchev–Trinajstić information content (AvgIpc) is 2.76. The second-order valence-electron chi connectivity index (χ2n) is 4.50. The van der Waals surface area contributed by atoms with Gasteiger partial charge in [0.15, 0.2) is 5.84 Å². The van der Waals surface area contributed by atoms with Crippen LogP contribution >= 0.6 is 0 Å². The van der Waals surface area contributed by atoms with E-state index in [-0.39, 0.29) is 18.4 Å². The topological polar surface area (TPSA) is 84.9 Å². The quantitative estimate of drug-likeness (QED) is 0.276. The standard InChI is InChI=1S/C13H16N2O3/c1-9(16)18-8-13(12(14)15-17)7-6-10-4-2-3-5-11(10)13/h2-5,17H,6-8H2,1H3,(H2,14,15). The summed E-state index contributed by atoms with van der Waals surface area (Å²) in [5.74, 6) is -0.279. The first-order valence-electron chi connectivity index (χ1n) is 5.80. The minimum absolute atomic E-state index is 0.0914. The van der Waals surface area contributed by atoms with Crippen LogP contribution in [0.5, 0.6) is 0 Å². The monoisotopic (exact) mass is 248 g/mol. The van der Waals surface area contributed by atoms with E-state index in [0.717, 1.165) is 17.5 Å². The van der Waals surface area contributed by atoms with Gasteiger partial charge in [-0.3, -0.25) is 4.79 Å². The summed E-state index contributed by atoms with van der Waals surface area (Å²) in [6.45, 7) is 1.45. The Kier molecular flexibility index (Phi) is 3.23. The van der Waals surface area contributed by atoms with Crippen LogP contribution < -0.4 is 5.73 Å². The van der Waals surface area contributed by atoms with Gasteiger partial charge < -0.3 is 15.7 Å². The molecule has 0 heterocycles. The molecule has 0 fully saturated rings. The van der Waals surface area contributed by atoms with Crippen molar-refractivity contribution in [2.45, 2.75) is 25.2 Å². The Morgan fingerprint density at radius 2 is 2.28 bits per heavy atom. The zero-order chi connectivity index (χ0) is 13.2. The lowest BCUT2D eigenvalue weighted by molar-refractivity contribution is -0.142. The summed E-state index contributed by atoms with van der Waals surface area (Å²) in [4.78, 5) is 11.0. The van der Waals surface area contributed by atoms with Crippen molar-refractivity contribution in [3.63, 3.8) is 0 Å². The Balaban J connectivity index is 2.42. The highest BCUT2D eigenvalue weighted by Crippen LogP contribution is 2.39. The van der Waals surface area contributed by atoms with Crippen molar-refractivity contribution >= 4 is 11.8 Å². The highest BCUT2D eigenvalue weighted by atomic mass is 16.5. The molecule has 1 atom stereocenters. The summed E-state index contributed by atoms with van der Waals surface area (Å²) in [5.41, 5.74) is 7.25. The van der Waals surface area contributed by atoms with Crippen molar-refractivity contribution in [1.29, 1.82) is 0 Å². The molecule has 0 radical (unpaired) electrons. The van der Waals surface area contributed by atoms with Gasteiger partial charge in [-0.25, -0.2) is 0 Å². The maximum atomic E-state index is 11.0. The summed E-state index contributed by atoms with van der Waals surface area (Å²) in [6.07, 6.45) is 1.50. The van der Waals surface area contributed by atoms with Gasteiger partial charge in [-0.05, 0) is 24.0 Å². The molecule has 5 nitrogen and oxygen atoms in total. The van der Waals surface area contributed by atoms with E-state index in [1.54, 1.807) is 0 Å². The molecule has 5 heteroatoms. The first-order valence-corrected chi connectivity index (χ1v) is 5.80. The van der Waals surface area contributed by atoms with E-state index >= 15 is 0 Å². The lowest BCUT2D eigenvalue weighted by Gasteiger charge is -2.28. The third-order valence-electron chi connectivity index (χ3n) is 3.47. The number of ether oxygens (including phenoxy) is 1. The molecule has 0 aliphatic heterocycles. The van der Waals surface area contributed by atoms with Crippen LogP contribution in [0.25, 0.3) is 0 Å². The summed E-state index contributed by atoms with van der Waals surface area (Å²) < 4.78 is 5.10. The van der Waals surface area contributed by atoms with Crippen molar-refractivity contribution in [2.24, 2.45) is 10.9 Å². The van der Waals surface area contributed by atoms with Gasteiger partial charge in [0.05, 0.1) is 5.41 Å². The van der Waals surface area contributed by atoms with Crippen molar-refractivity contribution in [3.8, 4) is 0 Å². The van der Waals surface area contributed by atoms with E-state index in [1.165, 1.54) is 6.92 Å².